The summed E-state index contributed by atoms with van der Waals surface area (Å²) in [7, 11) is 3.94. The van der Waals surface area contributed by atoms with Gasteiger partial charge in [-0.1, -0.05) is 46.7 Å². The SMILES string of the molecule is Cc1cccc2sc(N(CCN(C)C)C(=O)c3cc(Cl)sc3Cl)nc12.[Cl-]. The molecule has 140 valence electrons. The standard InChI is InChI=1S/C17H17Cl2N3OS2.ClH/c1-10-5-4-6-12-14(10)20-17(24-12)22(8-7-21(2)3)16(23)11-9-13(18)25-15(11)19;/h4-6,9H,7-8H2,1-3H3;1H/p-1. The van der Waals surface area contributed by atoms with Crippen LogP contribution in [0.3, 0.4) is 0 Å². The summed E-state index contributed by atoms with van der Waals surface area (Å²) in [5.74, 6) is -0.174. The number of nitrogens with zero attached hydrogens (tertiary/aromatic N) is 3. The highest BCUT2D eigenvalue weighted by Gasteiger charge is 2.25. The Morgan fingerprint density at radius 1 is 1.19 bits per heavy atom. The van der Waals surface area contributed by atoms with Crippen molar-refractivity contribution in [3.8, 4) is 0 Å². The fraction of sp³-hybridized carbons (Fsp3) is 0.294. The summed E-state index contributed by atoms with van der Waals surface area (Å²) >= 11 is 14.9. The van der Waals surface area contributed by atoms with Crippen LogP contribution in [0.4, 0.5) is 5.13 Å². The van der Waals surface area contributed by atoms with Crippen molar-refractivity contribution in [3.05, 3.63) is 44.1 Å². The third kappa shape index (κ3) is 4.50. The van der Waals surface area contributed by atoms with Crippen LogP contribution in [0.1, 0.15) is 15.9 Å². The van der Waals surface area contributed by atoms with Crippen LogP contribution >= 0.6 is 45.9 Å². The first-order valence-electron chi connectivity index (χ1n) is 7.64. The van der Waals surface area contributed by atoms with Gasteiger partial charge >= 0.3 is 0 Å². The van der Waals surface area contributed by atoms with Gasteiger partial charge in [-0.2, -0.15) is 0 Å². The molecule has 1 amide bonds. The molecule has 9 heteroatoms. The number of thiazole rings is 1. The summed E-state index contributed by atoms with van der Waals surface area (Å²) in [6.45, 7) is 3.26. The van der Waals surface area contributed by atoms with E-state index < -0.39 is 0 Å². The fourth-order valence-electron chi connectivity index (χ4n) is 2.41. The molecule has 0 spiro atoms. The molecular weight excluding hydrogens is 433 g/mol. The number of carbonyl (C=O) groups excluding carboxylic acids is 1. The lowest BCUT2D eigenvalue weighted by atomic mass is 10.2. The van der Waals surface area contributed by atoms with Gasteiger partial charge in [-0.3, -0.25) is 9.69 Å². The maximum Gasteiger partial charge on any atom is 0.262 e. The Morgan fingerprint density at radius 3 is 2.50 bits per heavy atom. The molecule has 0 radical (unpaired) electrons. The van der Waals surface area contributed by atoms with Crippen molar-refractivity contribution in [2.24, 2.45) is 0 Å². The van der Waals surface area contributed by atoms with Crippen molar-refractivity contribution in [3.63, 3.8) is 0 Å². The highest BCUT2D eigenvalue weighted by Crippen LogP contribution is 2.35. The average molecular weight is 450 g/mol. The third-order valence-electron chi connectivity index (χ3n) is 3.74. The number of rotatable bonds is 5. The van der Waals surface area contributed by atoms with Crippen molar-refractivity contribution in [1.29, 1.82) is 0 Å². The minimum absolute atomic E-state index is 0. The molecule has 26 heavy (non-hydrogen) atoms. The maximum absolute atomic E-state index is 13.1. The van der Waals surface area contributed by atoms with E-state index in [9.17, 15) is 4.79 Å². The fourth-order valence-corrected chi connectivity index (χ4v) is 4.92. The predicted octanol–water partition coefficient (Wildman–Crippen LogP) is 2.19. The van der Waals surface area contributed by atoms with Gasteiger partial charge in [0.15, 0.2) is 5.13 Å². The van der Waals surface area contributed by atoms with E-state index in [0.29, 0.717) is 25.9 Å². The zero-order chi connectivity index (χ0) is 18.1. The molecule has 0 unspecified atom stereocenters. The van der Waals surface area contributed by atoms with Crippen molar-refractivity contribution in [2.75, 3.05) is 32.1 Å². The van der Waals surface area contributed by atoms with Gasteiger partial charge in [-0.05, 0) is 38.7 Å². The molecule has 0 bridgehead atoms. The van der Waals surface area contributed by atoms with E-state index in [0.717, 1.165) is 22.3 Å². The number of likely N-dealkylation sites (N-methyl/N-ethyl adjacent to an activating group) is 1. The Kier molecular flexibility index (Phi) is 7.30. The molecule has 3 aromatic rings. The van der Waals surface area contributed by atoms with Crippen LogP contribution in [0.15, 0.2) is 24.3 Å². The summed E-state index contributed by atoms with van der Waals surface area (Å²) in [5, 5.41) is 0.675. The molecule has 2 heterocycles. The van der Waals surface area contributed by atoms with Gasteiger partial charge < -0.3 is 17.3 Å². The Labute approximate surface area is 176 Å². The number of halogens is 3. The van der Waals surface area contributed by atoms with Crippen LogP contribution in [0.2, 0.25) is 8.67 Å². The van der Waals surface area contributed by atoms with Crippen LogP contribution < -0.4 is 17.3 Å². The molecule has 0 aliphatic carbocycles. The number of aryl methyl sites for hydroxylation is 1. The molecular formula is C17H17Cl3N3OS2-. The first-order chi connectivity index (χ1) is 11.9. The second-order valence-corrected chi connectivity index (χ2v) is 9.21. The second-order valence-electron chi connectivity index (χ2n) is 5.92. The number of para-hydroxylation sites is 1. The van der Waals surface area contributed by atoms with Gasteiger partial charge in [0, 0.05) is 13.1 Å². The lowest BCUT2D eigenvalue weighted by Crippen LogP contribution is -3.00. The largest absolute Gasteiger partial charge is 1.00 e. The normalized spacial score (nSPS) is 11.0. The summed E-state index contributed by atoms with van der Waals surface area (Å²) in [5.41, 5.74) is 2.45. The number of thiophene rings is 1. The lowest BCUT2D eigenvalue weighted by molar-refractivity contribution is -0.0000126. The quantitative estimate of drug-likeness (QED) is 0.599. The number of anilines is 1. The zero-order valence-corrected chi connectivity index (χ0v) is 18.3. The van der Waals surface area contributed by atoms with Gasteiger partial charge in [-0.15, -0.1) is 11.3 Å². The van der Waals surface area contributed by atoms with Gasteiger partial charge in [0.25, 0.3) is 5.91 Å². The molecule has 0 fully saturated rings. The number of benzene rings is 1. The van der Waals surface area contributed by atoms with E-state index in [1.165, 1.54) is 22.7 Å². The first-order valence-corrected chi connectivity index (χ1v) is 10.0. The molecule has 3 rings (SSSR count). The van der Waals surface area contributed by atoms with E-state index >= 15 is 0 Å². The molecule has 0 N–H and O–H groups in total. The second kappa shape index (κ2) is 8.87. The van der Waals surface area contributed by atoms with E-state index in [1.807, 2.05) is 44.1 Å². The first kappa shape index (κ1) is 21.4. The summed E-state index contributed by atoms with van der Waals surface area (Å²) in [4.78, 5) is 21.5. The Balaban J connectivity index is 0.00000243. The molecule has 0 saturated carbocycles. The van der Waals surface area contributed by atoms with E-state index in [2.05, 4.69) is 0 Å². The average Bonchev–Trinajstić information content (AvgIpc) is 3.11. The van der Waals surface area contributed by atoms with Crippen molar-refractivity contribution in [2.45, 2.75) is 6.92 Å². The number of aromatic nitrogens is 1. The van der Waals surface area contributed by atoms with Crippen molar-refractivity contribution < 1.29 is 17.2 Å². The van der Waals surface area contributed by atoms with E-state index in [-0.39, 0.29) is 18.3 Å². The smallest absolute Gasteiger partial charge is 0.262 e. The third-order valence-corrected chi connectivity index (χ3v) is 6.27. The molecule has 2 aromatic heterocycles. The Bertz CT molecular complexity index is 923. The van der Waals surface area contributed by atoms with Crippen molar-refractivity contribution in [1.82, 2.24) is 9.88 Å². The highest BCUT2D eigenvalue weighted by atomic mass is 35.5. The van der Waals surface area contributed by atoms with Crippen LogP contribution in [-0.2, 0) is 0 Å². The predicted molar refractivity (Wildman–Crippen MR) is 109 cm³/mol. The Morgan fingerprint density at radius 2 is 1.92 bits per heavy atom. The Hall–Kier alpha value is -0.890. The van der Waals surface area contributed by atoms with Crippen LogP contribution in [0.25, 0.3) is 10.2 Å². The van der Waals surface area contributed by atoms with Crippen LogP contribution in [0.5, 0.6) is 0 Å². The molecule has 1 aromatic carbocycles. The number of fused-ring (bicyclic) bond motifs is 1. The molecule has 4 nitrogen and oxygen atoms in total. The maximum atomic E-state index is 13.1. The van der Waals surface area contributed by atoms with Gasteiger partial charge in [0.1, 0.15) is 4.34 Å². The van der Waals surface area contributed by atoms with E-state index in [1.54, 1.807) is 11.0 Å². The molecule has 0 aliphatic heterocycles. The molecule has 0 aliphatic rings. The van der Waals surface area contributed by atoms with Gasteiger partial charge in [-0.25, -0.2) is 4.98 Å². The monoisotopic (exact) mass is 448 g/mol. The minimum Gasteiger partial charge on any atom is -1.00 e. The number of hydrogen-bond acceptors (Lipinski definition) is 5. The zero-order valence-electron chi connectivity index (χ0n) is 14.4. The number of hydrogen-bond donors (Lipinski definition) is 0. The summed E-state index contributed by atoms with van der Waals surface area (Å²) < 4.78 is 1.97. The summed E-state index contributed by atoms with van der Waals surface area (Å²) in [6.07, 6.45) is 0. The van der Waals surface area contributed by atoms with E-state index in [4.69, 9.17) is 28.2 Å². The minimum atomic E-state index is -0.174. The highest BCUT2D eigenvalue weighted by molar-refractivity contribution is 7.22. The van der Waals surface area contributed by atoms with Gasteiger partial charge in [0.2, 0.25) is 0 Å². The molecule has 0 atom stereocenters. The number of carbonyl (C=O) groups is 1. The van der Waals surface area contributed by atoms with Crippen LogP contribution in [0, 0.1) is 6.92 Å². The number of amides is 1. The van der Waals surface area contributed by atoms with Gasteiger partial charge in [0.05, 0.1) is 20.1 Å². The van der Waals surface area contributed by atoms with Crippen LogP contribution in [-0.4, -0.2) is 43.0 Å². The molecule has 0 saturated heterocycles. The van der Waals surface area contributed by atoms with Crippen molar-refractivity contribution >= 4 is 67.1 Å². The topological polar surface area (TPSA) is 36.4 Å². The lowest BCUT2D eigenvalue weighted by Gasteiger charge is -2.21. The summed E-state index contributed by atoms with van der Waals surface area (Å²) in [6, 6.07) is 7.67.